The van der Waals surface area contributed by atoms with E-state index in [9.17, 15) is 22.4 Å². The van der Waals surface area contributed by atoms with Gasteiger partial charge in [-0.25, -0.2) is 12.8 Å². The second-order valence-corrected chi connectivity index (χ2v) is 13.4. The van der Waals surface area contributed by atoms with E-state index in [1.165, 1.54) is 22.7 Å². The second kappa shape index (κ2) is 13.3. The van der Waals surface area contributed by atoms with Crippen LogP contribution in [0.15, 0.2) is 72.8 Å². The molecule has 43 heavy (non-hydrogen) atoms. The van der Waals surface area contributed by atoms with Gasteiger partial charge >= 0.3 is 0 Å². The lowest BCUT2D eigenvalue weighted by Crippen LogP contribution is -2.55. The molecule has 2 amide bonds. The van der Waals surface area contributed by atoms with Crippen molar-refractivity contribution in [2.75, 3.05) is 39.5 Å². The number of hydrogen-bond acceptors (Lipinski definition) is 5. The standard InChI is InChI=1S/C33H38FN3O5S/c1-42-29-16-12-24(13-17-29)23-6-8-26(9-7-23)32(38)35-31(33(39)36-18-20-37(21-19-36)43(2,40)41)5-3-4-27-22-30(27)25-10-14-28(34)15-11-25/h6-17,27,30-31H,3-5,18-22H2,1-2H3,(H,35,38)/t27-,30+,31-/m0/s1. The first-order valence-corrected chi connectivity index (χ1v) is 16.5. The molecule has 10 heteroatoms. The number of hydrogen-bond donors (Lipinski definition) is 1. The number of sulfonamides is 1. The lowest BCUT2D eigenvalue weighted by Gasteiger charge is -2.35. The molecule has 3 aromatic rings. The van der Waals surface area contributed by atoms with Gasteiger partial charge in [-0.15, -0.1) is 0 Å². The first kappa shape index (κ1) is 30.7. The van der Waals surface area contributed by atoms with E-state index in [2.05, 4.69) is 5.32 Å². The van der Waals surface area contributed by atoms with E-state index in [-0.39, 0.29) is 43.8 Å². The van der Waals surface area contributed by atoms with Crippen LogP contribution in [0.1, 0.15) is 47.5 Å². The van der Waals surface area contributed by atoms with E-state index in [0.29, 0.717) is 23.8 Å². The highest BCUT2D eigenvalue weighted by Gasteiger charge is 2.38. The van der Waals surface area contributed by atoms with Crippen LogP contribution in [-0.4, -0.2) is 75.0 Å². The summed E-state index contributed by atoms with van der Waals surface area (Å²) in [5, 5.41) is 2.97. The van der Waals surface area contributed by atoms with Gasteiger partial charge in [0.2, 0.25) is 15.9 Å². The van der Waals surface area contributed by atoms with Gasteiger partial charge in [0.1, 0.15) is 17.6 Å². The number of nitrogens with one attached hydrogen (secondary N) is 1. The second-order valence-electron chi connectivity index (χ2n) is 11.4. The van der Waals surface area contributed by atoms with Crippen LogP contribution in [0.3, 0.4) is 0 Å². The van der Waals surface area contributed by atoms with Crippen molar-refractivity contribution in [3.63, 3.8) is 0 Å². The molecular weight excluding hydrogens is 569 g/mol. The summed E-state index contributed by atoms with van der Waals surface area (Å²) >= 11 is 0. The Kier molecular flexibility index (Phi) is 9.46. The summed E-state index contributed by atoms with van der Waals surface area (Å²) in [7, 11) is -1.71. The lowest BCUT2D eigenvalue weighted by molar-refractivity contribution is -0.134. The maximum atomic E-state index is 13.6. The van der Waals surface area contributed by atoms with Gasteiger partial charge in [0.05, 0.1) is 13.4 Å². The van der Waals surface area contributed by atoms with Gasteiger partial charge in [-0.2, -0.15) is 4.31 Å². The summed E-state index contributed by atoms with van der Waals surface area (Å²) in [5.74, 6) is 0.872. The smallest absolute Gasteiger partial charge is 0.251 e. The highest BCUT2D eigenvalue weighted by molar-refractivity contribution is 7.88. The molecule has 5 rings (SSSR count). The first-order valence-electron chi connectivity index (χ1n) is 14.7. The van der Waals surface area contributed by atoms with Gasteiger partial charge < -0.3 is 15.0 Å². The zero-order chi connectivity index (χ0) is 30.6. The van der Waals surface area contributed by atoms with Gasteiger partial charge in [0, 0.05) is 31.7 Å². The average Bonchev–Trinajstić information content (AvgIpc) is 3.79. The Hall–Kier alpha value is -3.76. The third-order valence-corrected chi connectivity index (χ3v) is 9.78. The topological polar surface area (TPSA) is 96.0 Å². The van der Waals surface area contributed by atoms with Crippen molar-refractivity contribution in [3.8, 4) is 16.9 Å². The zero-order valence-corrected chi connectivity index (χ0v) is 25.4. The van der Waals surface area contributed by atoms with Crippen molar-refractivity contribution in [3.05, 3.63) is 89.7 Å². The first-order chi connectivity index (χ1) is 20.6. The van der Waals surface area contributed by atoms with Gasteiger partial charge in [0.25, 0.3) is 5.91 Å². The number of carbonyl (C=O) groups is 2. The highest BCUT2D eigenvalue weighted by atomic mass is 32.2. The number of halogens is 1. The van der Waals surface area contributed by atoms with Crippen molar-refractivity contribution in [1.82, 2.24) is 14.5 Å². The Bertz CT molecular complexity index is 1520. The van der Waals surface area contributed by atoms with E-state index in [0.717, 1.165) is 41.7 Å². The Labute approximate surface area is 252 Å². The van der Waals surface area contributed by atoms with Crippen LogP contribution < -0.4 is 10.1 Å². The molecule has 1 N–H and O–H groups in total. The number of methoxy groups -OCH3 is 1. The molecule has 1 heterocycles. The van der Waals surface area contributed by atoms with Crippen molar-refractivity contribution >= 4 is 21.8 Å². The van der Waals surface area contributed by atoms with Crippen LogP contribution in [0.4, 0.5) is 4.39 Å². The Morgan fingerprint density at radius 1 is 0.930 bits per heavy atom. The lowest BCUT2D eigenvalue weighted by atomic mass is 10.0. The number of ether oxygens (including phenoxy) is 1. The van der Waals surface area contributed by atoms with Crippen molar-refractivity contribution in [1.29, 1.82) is 0 Å². The SMILES string of the molecule is COc1ccc(-c2ccc(C(=O)N[C@@H](CCC[C@H]3C[C@@H]3c3ccc(F)cc3)C(=O)N3CCN(S(C)(=O)=O)CC3)cc2)cc1. The van der Waals surface area contributed by atoms with Crippen molar-refractivity contribution in [2.24, 2.45) is 5.92 Å². The van der Waals surface area contributed by atoms with Gasteiger partial charge in [-0.1, -0.05) is 42.8 Å². The van der Waals surface area contributed by atoms with Crippen LogP contribution in [0.5, 0.6) is 5.75 Å². The third kappa shape index (κ3) is 7.80. The number of carbonyl (C=O) groups excluding carboxylic acids is 2. The monoisotopic (exact) mass is 607 g/mol. The molecule has 0 aromatic heterocycles. The largest absolute Gasteiger partial charge is 0.497 e. The molecule has 2 fully saturated rings. The minimum absolute atomic E-state index is 0.192. The molecule has 2 aliphatic rings. The van der Waals surface area contributed by atoms with Crippen molar-refractivity contribution < 1.29 is 27.1 Å². The number of piperazine rings is 1. The summed E-state index contributed by atoms with van der Waals surface area (Å²) in [6.07, 6.45) is 4.33. The predicted octanol–water partition coefficient (Wildman–Crippen LogP) is 4.68. The molecule has 1 aliphatic heterocycles. The summed E-state index contributed by atoms with van der Waals surface area (Å²) in [6.45, 7) is 1.03. The van der Waals surface area contributed by atoms with E-state index in [4.69, 9.17) is 4.74 Å². The fourth-order valence-corrected chi connectivity index (χ4v) is 6.65. The summed E-state index contributed by atoms with van der Waals surface area (Å²) < 4.78 is 43.8. The summed E-state index contributed by atoms with van der Waals surface area (Å²) in [5.41, 5.74) is 3.54. The maximum absolute atomic E-state index is 13.6. The predicted molar refractivity (Wildman–Crippen MR) is 164 cm³/mol. The van der Waals surface area contributed by atoms with E-state index >= 15 is 0 Å². The van der Waals surface area contributed by atoms with Crippen LogP contribution >= 0.6 is 0 Å². The van der Waals surface area contributed by atoms with Crippen molar-refractivity contribution in [2.45, 2.75) is 37.6 Å². The quantitative estimate of drug-likeness (QED) is 0.342. The van der Waals surface area contributed by atoms with Gasteiger partial charge in [-0.3, -0.25) is 9.59 Å². The molecule has 3 aromatic carbocycles. The molecule has 0 radical (unpaired) electrons. The molecule has 1 aliphatic carbocycles. The maximum Gasteiger partial charge on any atom is 0.251 e. The number of amides is 2. The normalized spacial score (nSPS) is 19.5. The molecule has 0 spiro atoms. The molecular formula is C33H38FN3O5S. The van der Waals surface area contributed by atoms with Crippen LogP contribution in [0.2, 0.25) is 0 Å². The van der Waals surface area contributed by atoms with E-state index < -0.39 is 16.1 Å². The third-order valence-electron chi connectivity index (χ3n) is 8.48. The fourth-order valence-electron chi connectivity index (χ4n) is 5.83. The molecule has 3 atom stereocenters. The Morgan fingerprint density at radius 2 is 1.53 bits per heavy atom. The average molecular weight is 608 g/mol. The number of benzene rings is 3. The highest BCUT2D eigenvalue weighted by Crippen LogP contribution is 2.50. The van der Waals surface area contributed by atoms with Crippen LogP contribution in [0, 0.1) is 11.7 Å². The van der Waals surface area contributed by atoms with E-state index in [1.54, 1.807) is 24.1 Å². The minimum atomic E-state index is -3.33. The molecule has 0 unspecified atom stereocenters. The Morgan fingerprint density at radius 3 is 2.12 bits per heavy atom. The fraction of sp³-hybridized carbons (Fsp3) is 0.394. The number of nitrogens with zero attached hydrogens (tertiary/aromatic N) is 2. The molecule has 8 nitrogen and oxygen atoms in total. The molecule has 228 valence electrons. The Balaban J connectivity index is 1.22. The molecule has 0 bridgehead atoms. The molecule has 1 saturated carbocycles. The van der Waals surface area contributed by atoms with Gasteiger partial charge in [0.15, 0.2) is 0 Å². The molecule has 1 saturated heterocycles. The van der Waals surface area contributed by atoms with Crippen LogP contribution in [-0.2, 0) is 14.8 Å². The van der Waals surface area contributed by atoms with E-state index in [1.807, 2.05) is 48.5 Å². The van der Waals surface area contributed by atoms with Crippen LogP contribution in [0.25, 0.3) is 11.1 Å². The van der Waals surface area contributed by atoms with Gasteiger partial charge in [-0.05, 0) is 84.2 Å². The summed E-state index contributed by atoms with van der Waals surface area (Å²) in [4.78, 5) is 28.6. The summed E-state index contributed by atoms with van der Waals surface area (Å²) in [6, 6.07) is 20.8. The minimum Gasteiger partial charge on any atom is -0.497 e. The number of rotatable bonds is 11. The zero-order valence-electron chi connectivity index (χ0n) is 24.5.